The predicted molar refractivity (Wildman–Crippen MR) is 225 cm³/mol. The van der Waals surface area contributed by atoms with Crippen LogP contribution in [0.1, 0.15) is 11.1 Å². The molecule has 0 saturated carbocycles. The summed E-state index contributed by atoms with van der Waals surface area (Å²) in [6, 6.07) is 50.7. The highest BCUT2D eigenvalue weighted by Gasteiger charge is 2.22. The van der Waals surface area contributed by atoms with Crippen molar-refractivity contribution in [1.82, 2.24) is 9.97 Å². The van der Waals surface area contributed by atoms with Gasteiger partial charge < -0.3 is 8.83 Å². The second-order valence-corrected chi connectivity index (χ2v) is 13.8. The van der Waals surface area contributed by atoms with Crippen LogP contribution >= 0.6 is 0 Å². The number of benzene rings is 9. The van der Waals surface area contributed by atoms with Crippen LogP contribution in [-0.4, -0.2) is 9.97 Å². The average molecular weight is 691 g/mol. The molecule has 0 unspecified atom stereocenters. The van der Waals surface area contributed by atoms with E-state index in [0.29, 0.717) is 11.8 Å². The quantitative estimate of drug-likeness (QED) is 0.129. The van der Waals surface area contributed by atoms with Crippen LogP contribution in [0.2, 0.25) is 0 Å². The predicted octanol–water partition coefficient (Wildman–Crippen LogP) is 14.0. The maximum atomic E-state index is 6.32. The highest BCUT2D eigenvalue weighted by atomic mass is 16.4. The van der Waals surface area contributed by atoms with E-state index in [1.54, 1.807) is 0 Å². The summed E-state index contributed by atoms with van der Waals surface area (Å²) in [6.07, 6.45) is 3.88. The van der Waals surface area contributed by atoms with Gasteiger partial charge in [-0.1, -0.05) is 110 Å². The number of para-hydroxylation sites is 4. The lowest BCUT2D eigenvalue weighted by Crippen LogP contribution is -1.94. The number of hydrogen-bond donors (Lipinski definition) is 0. The minimum absolute atomic E-state index is 0.604. The SMILES string of the molecule is C=Cc1cc2c(-c3ccccc3-c3nc4ccccc4o3)ccc3c4ccc(-c5ccccc5-c5nc6ccccc6o5)c5cc(C=C)cc(c(c1)c23)c54. The molecule has 0 aliphatic heterocycles. The third-order valence-corrected chi connectivity index (χ3v) is 10.8. The van der Waals surface area contributed by atoms with Gasteiger partial charge in [0.2, 0.25) is 11.8 Å². The Morgan fingerprint density at radius 1 is 0.370 bits per heavy atom. The maximum absolute atomic E-state index is 6.32. The molecule has 0 bridgehead atoms. The Balaban J connectivity index is 1.20. The number of nitrogens with zero attached hydrogens (tertiary/aromatic N) is 2. The van der Waals surface area contributed by atoms with E-state index < -0.39 is 0 Å². The zero-order valence-electron chi connectivity index (χ0n) is 29.1. The minimum atomic E-state index is 0.604. The number of hydrogen-bond acceptors (Lipinski definition) is 4. The van der Waals surface area contributed by atoms with Crippen LogP contribution in [0.15, 0.2) is 168 Å². The van der Waals surface area contributed by atoms with Crippen molar-refractivity contribution in [2.24, 2.45) is 0 Å². The standard InChI is InChI=1S/C50H30N2O2/c1-3-29-25-39-33(31-13-5-7-15-37(31)49-51-43-17-9-11-19-45(43)53-49)21-23-35-36-24-22-34(40-26-30(4-2)28-42(48(36)40)41(27-29)47(35)39)32-14-6-8-16-38(32)50-52-44-18-10-12-20-46(44)54-50/h3-28H,1-2H2. The van der Waals surface area contributed by atoms with E-state index in [0.717, 1.165) is 77.5 Å². The van der Waals surface area contributed by atoms with E-state index >= 15 is 0 Å². The van der Waals surface area contributed by atoms with Crippen LogP contribution in [0.25, 0.3) is 123 Å². The van der Waals surface area contributed by atoms with Gasteiger partial charge in [0, 0.05) is 11.1 Å². The summed E-state index contributed by atoms with van der Waals surface area (Å²) in [5.41, 5.74) is 11.6. The minimum Gasteiger partial charge on any atom is -0.436 e. The molecule has 0 amide bonds. The molecule has 0 aliphatic carbocycles. The topological polar surface area (TPSA) is 52.1 Å². The molecule has 0 atom stereocenters. The summed E-state index contributed by atoms with van der Waals surface area (Å²) >= 11 is 0. The normalized spacial score (nSPS) is 11.9. The van der Waals surface area contributed by atoms with E-state index in [9.17, 15) is 0 Å². The molecule has 0 fully saturated rings. The van der Waals surface area contributed by atoms with Crippen molar-refractivity contribution in [3.8, 4) is 45.2 Å². The lowest BCUT2D eigenvalue weighted by Gasteiger charge is -2.20. The fraction of sp³-hybridized carbons (Fsp3) is 0. The molecule has 0 radical (unpaired) electrons. The van der Waals surface area contributed by atoms with Gasteiger partial charge in [-0.2, -0.15) is 0 Å². The van der Waals surface area contributed by atoms with Crippen molar-refractivity contribution in [3.05, 3.63) is 170 Å². The van der Waals surface area contributed by atoms with Gasteiger partial charge in [-0.3, -0.25) is 0 Å². The first kappa shape index (κ1) is 30.3. The molecule has 2 heterocycles. The molecule has 4 nitrogen and oxygen atoms in total. The summed E-state index contributed by atoms with van der Waals surface area (Å²) in [5, 5.41) is 9.45. The van der Waals surface area contributed by atoms with E-state index in [2.05, 4.69) is 98.1 Å². The fourth-order valence-corrected chi connectivity index (χ4v) is 8.38. The van der Waals surface area contributed by atoms with E-state index in [-0.39, 0.29) is 0 Å². The highest BCUT2D eigenvalue weighted by Crippen LogP contribution is 2.48. The summed E-state index contributed by atoms with van der Waals surface area (Å²) in [5.74, 6) is 1.21. The highest BCUT2D eigenvalue weighted by molar-refractivity contribution is 6.36. The number of aromatic nitrogens is 2. The second kappa shape index (κ2) is 11.6. The Morgan fingerprint density at radius 3 is 1.19 bits per heavy atom. The van der Waals surface area contributed by atoms with Gasteiger partial charge in [0.15, 0.2) is 11.2 Å². The van der Waals surface area contributed by atoms with Crippen molar-refractivity contribution in [3.63, 3.8) is 0 Å². The summed E-state index contributed by atoms with van der Waals surface area (Å²) < 4.78 is 12.6. The Labute approximate surface area is 310 Å². The van der Waals surface area contributed by atoms with Crippen molar-refractivity contribution >= 4 is 77.4 Å². The van der Waals surface area contributed by atoms with Crippen molar-refractivity contribution in [1.29, 1.82) is 0 Å². The zero-order valence-corrected chi connectivity index (χ0v) is 29.1. The molecule has 11 aromatic rings. The van der Waals surface area contributed by atoms with Gasteiger partial charge >= 0.3 is 0 Å². The van der Waals surface area contributed by atoms with Gasteiger partial charge in [0.05, 0.1) is 0 Å². The third-order valence-electron chi connectivity index (χ3n) is 10.8. The molecule has 0 N–H and O–H groups in total. The molecular formula is C50H30N2O2. The Bertz CT molecular complexity index is 3040. The van der Waals surface area contributed by atoms with Crippen LogP contribution in [0.3, 0.4) is 0 Å². The summed E-state index contributed by atoms with van der Waals surface area (Å²) in [6.45, 7) is 8.45. The fourth-order valence-electron chi connectivity index (χ4n) is 8.38. The molecule has 54 heavy (non-hydrogen) atoms. The van der Waals surface area contributed by atoms with E-state index in [4.69, 9.17) is 18.8 Å². The first-order valence-electron chi connectivity index (χ1n) is 18.0. The first-order valence-corrected chi connectivity index (χ1v) is 18.0. The van der Waals surface area contributed by atoms with E-state index in [1.165, 1.54) is 32.3 Å². The van der Waals surface area contributed by atoms with Gasteiger partial charge in [-0.25, -0.2) is 9.97 Å². The number of oxazole rings is 2. The molecule has 9 aromatic carbocycles. The van der Waals surface area contributed by atoms with Crippen LogP contribution in [0, 0.1) is 0 Å². The lowest BCUT2D eigenvalue weighted by atomic mass is 9.83. The molecule has 4 heteroatoms. The van der Waals surface area contributed by atoms with Crippen LogP contribution in [0.4, 0.5) is 0 Å². The number of fused-ring (bicyclic) bond motifs is 4. The number of rotatable bonds is 6. The Kier molecular flexibility index (Phi) is 6.52. The van der Waals surface area contributed by atoms with Gasteiger partial charge in [-0.05, 0) is 137 Å². The van der Waals surface area contributed by atoms with Gasteiger partial charge in [0.25, 0.3) is 0 Å². The van der Waals surface area contributed by atoms with Gasteiger partial charge in [0.1, 0.15) is 11.0 Å². The molecule has 252 valence electrons. The molecular weight excluding hydrogens is 661 g/mol. The monoisotopic (exact) mass is 690 g/mol. The van der Waals surface area contributed by atoms with Crippen LogP contribution < -0.4 is 0 Å². The van der Waals surface area contributed by atoms with Crippen molar-refractivity contribution < 1.29 is 8.83 Å². The lowest BCUT2D eigenvalue weighted by molar-refractivity contribution is 0.619. The molecule has 11 rings (SSSR count). The van der Waals surface area contributed by atoms with Crippen molar-refractivity contribution in [2.75, 3.05) is 0 Å². The smallest absolute Gasteiger partial charge is 0.227 e. The van der Waals surface area contributed by atoms with Crippen LogP contribution in [-0.2, 0) is 0 Å². The maximum Gasteiger partial charge on any atom is 0.227 e. The largest absolute Gasteiger partial charge is 0.436 e. The Morgan fingerprint density at radius 2 is 0.759 bits per heavy atom. The summed E-state index contributed by atoms with van der Waals surface area (Å²) in [7, 11) is 0. The zero-order chi connectivity index (χ0) is 35.9. The van der Waals surface area contributed by atoms with Crippen molar-refractivity contribution in [2.45, 2.75) is 0 Å². The molecule has 0 aliphatic rings. The Hall–Kier alpha value is -7.30. The average Bonchev–Trinajstić information content (AvgIpc) is 3.87. The first-order chi connectivity index (χ1) is 26.7. The van der Waals surface area contributed by atoms with E-state index in [1.807, 2.05) is 72.8 Å². The molecule has 2 aromatic heterocycles. The molecule has 0 spiro atoms. The second-order valence-electron chi connectivity index (χ2n) is 13.8. The van der Waals surface area contributed by atoms with Gasteiger partial charge in [-0.15, -0.1) is 0 Å². The summed E-state index contributed by atoms with van der Waals surface area (Å²) in [4.78, 5) is 9.78. The third kappa shape index (κ3) is 4.44. The molecule has 0 saturated heterocycles. The van der Waals surface area contributed by atoms with Crippen LogP contribution in [0.5, 0.6) is 0 Å².